The number of fused-ring (bicyclic) bond motifs is 1. The van der Waals surface area contributed by atoms with Crippen LogP contribution in [0.1, 0.15) is 5.69 Å². The van der Waals surface area contributed by atoms with Gasteiger partial charge in [-0.05, 0) is 22.9 Å². The van der Waals surface area contributed by atoms with Crippen molar-refractivity contribution in [3.63, 3.8) is 0 Å². The van der Waals surface area contributed by atoms with Crippen LogP contribution in [-0.2, 0) is 0 Å². The summed E-state index contributed by atoms with van der Waals surface area (Å²) in [6.45, 7) is 0.852. The van der Waals surface area contributed by atoms with Crippen LogP contribution >= 0.6 is 0 Å². The summed E-state index contributed by atoms with van der Waals surface area (Å²) < 4.78 is 5.86. The predicted octanol–water partition coefficient (Wildman–Crippen LogP) is 2.97. The van der Waals surface area contributed by atoms with Crippen molar-refractivity contribution in [1.29, 1.82) is 5.26 Å². The molecule has 0 amide bonds. The second-order valence-corrected chi connectivity index (χ2v) is 6.02. The third-order valence-electron chi connectivity index (χ3n) is 4.11. The second kappa shape index (κ2) is 7.73. The van der Waals surface area contributed by atoms with Crippen LogP contribution in [0, 0.1) is 11.3 Å². The molecule has 0 atom stereocenters. The van der Waals surface area contributed by atoms with E-state index in [4.69, 9.17) is 15.7 Å². The normalized spacial score (nSPS) is 10.6. The van der Waals surface area contributed by atoms with Crippen molar-refractivity contribution in [3.8, 4) is 23.1 Å². The van der Waals surface area contributed by atoms with E-state index >= 15 is 0 Å². The van der Waals surface area contributed by atoms with Crippen molar-refractivity contribution >= 4 is 22.4 Å². The van der Waals surface area contributed by atoms with Gasteiger partial charge in [-0.1, -0.05) is 24.3 Å². The molecule has 138 valence electrons. The monoisotopic (exact) mass is 371 g/mol. The number of anilines is 2. The Morgan fingerprint density at radius 2 is 1.89 bits per heavy atom. The molecule has 4 rings (SSSR count). The summed E-state index contributed by atoms with van der Waals surface area (Å²) in [7, 11) is 0. The summed E-state index contributed by atoms with van der Waals surface area (Å²) in [6.07, 6.45) is 2.89. The summed E-state index contributed by atoms with van der Waals surface area (Å²) in [6, 6.07) is 15.9. The molecule has 0 aliphatic heterocycles. The fraction of sp³-hybridized carbons (Fsp3) is 0.100. The molecule has 2 aromatic heterocycles. The van der Waals surface area contributed by atoms with E-state index in [0.717, 1.165) is 27.8 Å². The summed E-state index contributed by atoms with van der Waals surface area (Å²) in [4.78, 5) is 8.12. The van der Waals surface area contributed by atoms with E-state index in [1.54, 1.807) is 0 Å². The Hall–Kier alpha value is -3.96. The number of hydrogen-bond acceptors (Lipinski definition) is 7. The topological polar surface area (TPSA) is 126 Å². The summed E-state index contributed by atoms with van der Waals surface area (Å²) in [5.41, 5.74) is 7.54. The second-order valence-electron chi connectivity index (χ2n) is 6.02. The maximum Gasteiger partial charge on any atom is 0.158 e. The Kier molecular flexibility index (Phi) is 4.82. The number of nitrogens with one attached hydrogen (secondary N) is 2. The highest BCUT2D eigenvalue weighted by molar-refractivity contribution is 5.90. The molecule has 28 heavy (non-hydrogen) atoms. The zero-order valence-corrected chi connectivity index (χ0v) is 14.9. The van der Waals surface area contributed by atoms with Crippen LogP contribution in [0.2, 0.25) is 0 Å². The lowest BCUT2D eigenvalue weighted by Crippen LogP contribution is -2.11. The number of nitriles is 1. The molecule has 8 heteroatoms. The van der Waals surface area contributed by atoms with Gasteiger partial charge in [0.2, 0.25) is 0 Å². The fourth-order valence-corrected chi connectivity index (χ4v) is 2.82. The molecule has 4 N–H and O–H groups in total. The lowest BCUT2D eigenvalue weighted by molar-refractivity contribution is 0.330. The van der Waals surface area contributed by atoms with Gasteiger partial charge in [0.05, 0.1) is 18.1 Å². The van der Waals surface area contributed by atoms with Crippen molar-refractivity contribution in [1.82, 2.24) is 20.2 Å². The Morgan fingerprint density at radius 1 is 1.07 bits per heavy atom. The van der Waals surface area contributed by atoms with Gasteiger partial charge in [-0.3, -0.25) is 5.10 Å². The Bertz CT molecular complexity index is 1150. The lowest BCUT2D eigenvalue weighted by atomic mass is 10.0. The van der Waals surface area contributed by atoms with E-state index in [0.29, 0.717) is 24.8 Å². The first-order valence-electron chi connectivity index (χ1n) is 8.67. The van der Waals surface area contributed by atoms with Crippen molar-refractivity contribution in [2.45, 2.75) is 0 Å². The summed E-state index contributed by atoms with van der Waals surface area (Å²) in [5.74, 6) is 1.81. The molecule has 0 aliphatic rings. The first-order valence-corrected chi connectivity index (χ1v) is 8.67. The SMILES string of the molecule is N#Cc1cnc(Nc2cc(-c3cc4ccccc4cc3OCCN)[nH]n2)cn1. The van der Waals surface area contributed by atoms with Gasteiger partial charge in [-0.2, -0.15) is 10.4 Å². The zero-order chi connectivity index (χ0) is 19.3. The Morgan fingerprint density at radius 3 is 2.61 bits per heavy atom. The number of aromatic nitrogens is 4. The molecule has 4 aromatic rings. The number of H-pyrrole nitrogens is 1. The molecule has 0 bridgehead atoms. The zero-order valence-electron chi connectivity index (χ0n) is 14.9. The molecule has 0 fully saturated rings. The number of rotatable bonds is 6. The smallest absolute Gasteiger partial charge is 0.158 e. The number of hydrogen-bond donors (Lipinski definition) is 3. The highest BCUT2D eigenvalue weighted by Gasteiger charge is 2.12. The third kappa shape index (κ3) is 3.60. The van der Waals surface area contributed by atoms with E-state index in [1.165, 1.54) is 12.4 Å². The van der Waals surface area contributed by atoms with Crippen LogP contribution in [0.3, 0.4) is 0 Å². The first kappa shape index (κ1) is 17.5. The number of nitrogens with zero attached hydrogens (tertiary/aromatic N) is 4. The molecule has 0 spiro atoms. The van der Waals surface area contributed by atoms with E-state index in [9.17, 15) is 0 Å². The molecule has 0 aliphatic carbocycles. The molecule has 0 saturated heterocycles. The van der Waals surface area contributed by atoms with Gasteiger partial charge in [0.15, 0.2) is 11.5 Å². The summed E-state index contributed by atoms with van der Waals surface area (Å²) in [5, 5.41) is 21.3. The van der Waals surface area contributed by atoms with Crippen LogP contribution < -0.4 is 15.8 Å². The number of nitrogens with two attached hydrogens (primary N) is 1. The van der Waals surface area contributed by atoms with Gasteiger partial charge in [0, 0.05) is 18.2 Å². The van der Waals surface area contributed by atoms with Crippen molar-refractivity contribution in [2.75, 3.05) is 18.5 Å². The number of ether oxygens (including phenoxy) is 1. The highest BCUT2D eigenvalue weighted by Crippen LogP contribution is 2.34. The Labute approximate surface area is 161 Å². The van der Waals surface area contributed by atoms with E-state index in [1.807, 2.05) is 42.5 Å². The van der Waals surface area contributed by atoms with Gasteiger partial charge in [-0.15, -0.1) is 0 Å². The van der Waals surface area contributed by atoms with Crippen LogP contribution in [0.25, 0.3) is 22.0 Å². The minimum atomic E-state index is 0.256. The average molecular weight is 371 g/mol. The van der Waals surface area contributed by atoms with Crippen LogP contribution in [0.5, 0.6) is 5.75 Å². The highest BCUT2D eigenvalue weighted by atomic mass is 16.5. The molecule has 2 heterocycles. The Balaban J connectivity index is 1.66. The molecule has 0 unspecified atom stereocenters. The first-order chi connectivity index (χ1) is 13.8. The lowest BCUT2D eigenvalue weighted by Gasteiger charge is -2.11. The van der Waals surface area contributed by atoms with Crippen molar-refractivity contribution in [2.24, 2.45) is 5.73 Å². The number of benzene rings is 2. The van der Waals surface area contributed by atoms with Crippen LogP contribution in [-0.4, -0.2) is 33.3 Å². The molecular formula is C20H17N7O. The molecule has 8 nitrogen and oxygen atoms in total. The molecule has 0 radical (unpaired) electrons. The molecule has 2 aromatic carbocycles. The molecule has 0 saturated carbocycles. The van der Waals surface area contributed by atoms with E-state index < -0.39 is 0 Å². The van der Waals surface area contributed by atoms with E-state index in [-0.39, 0.29) is 5.69 Å². The van der Waals surface area contributed by atoms with Crippen LogP contribution in [0.4, 0.5) is 11.6 Å². The minimum Gasteiger partial charge on any atom is -0.492 e. The standard InChI is InChI=1S/C20H17N7O/c21-5-6-28-18-8-14-4-2-1-3-13(14)7-16(18)17-9-19(27-26-17)25-20-12-23-15(10-22)11-24-20/h1-4,7-9,11-12H,5-6,21H2,(H2,24,25,26,27). The van der Waals surface area contributed by atoms with Crippen molar-refractivity contribution < 1.29 is 4.74 Å². The quantitative estimate of drug-likeness (QED) is 0.476. The van der Waals surface area contributed by atoms with Gasteiger partial charge in [0.1, 0.15) is 24.2 Å². The van der Waals surface area contributed by atoms with Crippen LogP contribution in [0.15, 0.2) is 54.9 Å². The maximum absolute atomic E-state index is 8.80. The van der Waals surface area contributed by atoms with Crippen molar-refractivity contribution in [3.05, 3.63) is 60.6 Å². The maximum atomic E-state index is 8.80. The minimum absolute atomic E-state index is 0.256. The fourth-order valence-electron chi connectivity index (χ4n) is 2.82. The van der Waals surface area contributed by atoms with Gasteiger partial charge >= 0.3 is 0 Å². The van der Waals surface area contributed by atoms with Gasteiger partial charge in [-0.25, -0.2) is 9.97 Å². The average Bonchev–Trinajstić information content (AvgIpc) is 3.20. The molecular weight excluding hydrogens is 354 g/mol. The third-order valence-corrected chi connectivity index (χ3v) is 4.11. The van der Waals surface area contributed by atoms with Gasteiger partial charge in [0.25, 0.3) is 0 Å². The van der Waals surface area contributed by atoms with Gasteiger partial charge < -0.3 is 15.8 Å². The largest absolute Gasteiger partial charge is 0.492 e. The number of aromatic amines is 1. The summed E-state index contributed by atoms with van der Waals surface area (Å²) >= 11 is 0. The predicted molar refractivity (Wildman–Crippen MR) is 106 cm³/mol. The van der Waals surface area contributed by atoms with E-state index in [2.05, 4.69) is 31.5 Å².